The van der Waals surface area contributed by atoms with Crippen molar-refractivity contribution in [1.29, 1.82) is 0 Å². The van der Waals surface area contributed by atoms with Crippen LogP contribution in [0, 0.1) is 0 Å². The fraction of sp³-hybridized carbons (Fsp3) is 0.650. The van der Waals surface area contributed by atoms with Gasteiger partial charge < -0.3 is 24.8 Å². The van der Waals surface area contributed by atoms with Crippen molar-refractivity contribution in [3.05, 3.63) is 23.8 Å². The lowest BCUT2D eigenvalue weighted by molar-refractivity contribution is -0.123. The fourth-order valence-corrected chi connectivity index (χ4v) is 3.99. The van der Waals surface area contributed by atoms with Gasteiger partial charge in [0.15, 0.2) is 12.3 Å². The van der Waals surface area contributed by atoms with Gasteiger partial charge in [-0.15, -0.1) is 6.58 Å². The highest BCUT2D eigenvalue weighted by Gasteiger charge is 2.47. The zero-order valence-electron chi connectivity index (χ0n) is 17.1. The first-order valence-electron chi connectivity index (χ1n) is 10.0. The molecule has 0 saturated carbocycles. The smallest absolute Gasteiger partial charge is 0.220 e. The molecule has 0 aliphatic carbocycles. The summed E-state index contributed by atoms with van der Waals surface area (Å²) in [7, 11) is 0. The minimum Gasteiger partial charge on any atom is -0.494 e. The maximum absolute atomic E-state index is 12.2. The summed E-state index contributed by atoms with van der Waals surface area (Å²) in [5.74, 6) is -0.103. The first-order valence-corrected chi connectivity index (χ1v) is 10.7. The maximum Gasteiger partial charge on any atom is 0.220 e. The Kier molecular flexibility index (Phi) is 8.88. The second kappa shape index (κ2) is 10.9. The van der Waals surface area contributed by atoms with Crippen LogP contribution in [0.15, 0.2) is 12.7 Å². The molecular weight excluding hydrogens is 396 g/mol. The van der Waals surface area contributed by atoms with E-state index in [0.717, 1.165) is 25.7 Å². The van der Waals surface area contributed by atoms with E-state index in [1.807, 2.05) is 13.8 Å². The molecule has 2 heterocycles. The molecule has 0 aromatic carbocycles. The number of nitrogens with zero attached hydrogens (tertiary/aromatic N) is 1. The van der Waals surface area contributed by atoms with Gasteiger partial charge in [-0.25, -0.2) is 0 Å². The molecular formula is C20H32N2O6S. The quantitative estimate of drug-likeness (QED) is 0.213. The molecule has 29 heavy (non-hydrogen) atoms. The van der Waals surface area contributed by atoms with Crippen LogP contribution in [0.5, 0.6) is 11.8 Å². The summed E-state index contributed by atoms with van der Waals surface area (Å²) in [6, 6.07) is 0. The van der Waals surface area contributed by atoms with Crippen molar-refractivity contribution in [1.82, 2.24) is 9.88 Å². The van der Waals surface area contributed by atoms with Gasteiger partial charge in [0.25, 0.3) is 0 Å². The van der Waals surface area contributed by atoms with Gasteiger partial charge in [-0.2, -0.15) is 0 Å². The number of hydrogen-bond donors (Lipinski definition) is 4. The van der Waals surface area contributed by atoms with Crippen molar-refractivity contribution in [3.8, 4) is 11.8 Å². The van der Waals surface area contributed by atoms with Crippen LogP contribution in [0.2, 0.25) is 0 Å². The van der Waals surface area contributed by atoms with Crippen LogP contribution >= 0.6 is 12.3 Å². The highest BCUT2D eigenvalue weighted by Crippen LogP contribution is 2.54. The highest BCUT2D eigenvalue weighted by molar-refractivity contribution is 7.88. The van der Waals surface area contributed by atoms with Crippen LogP contribution in [0.4, 0.5) is 0 Å². The Morgan fingerprint density at radius 2 is 2.07 bits per heavy atom. The van der Waals surface area contributed by atoms with Crippen LogP contribution < -0.4 is 5.32 Å². The van der Waals surface area contributed by atoms with Gasteiger partial charge >= 0.3 is 0 Å². The van der Waals surface area contributed by atoms with Gasteiger partial charge in [0.05, 0.1) is 23.3 Å². The van der Waals surface area contributed by atoms with Crippen molar-refractivity contribution in [2.75, 3.05) is 13.2 Å². The Hall–Kier alpha value is -1.68. The second-order valence-electron chi connectivity index (χ2n) is 7.35. The fourth-order valence-electron chi connectivity index (χ4n) is 3.80. The average Bonchev–Trinajstić information content (AvgIpc) is 3.15. The van der Waals surface area contributed by atoms with Gasteiger partial charge in [-0.1, -0.05) is 18.9 Å². The van der Waals surface area contributed by atoms with E-state index in [-0.39, 0.29) is 24.1 Å². The molecule has 0 spiro atoms. The van der Waals surface area contributed by atoms with Crippen LogP contribution in [0.1, 0.15) is 69.6 Å². The number of rotatable bonds is 13. The number of ether oxygens (including phenoxy) is 1. The molecule has 9 heteroatoms. The number of hydrogen-bond acceptors (Lipinski definition) is 7. The molecule has 0 bridgehead atoms. The highest BCUT2D eigenvalue weighted by atomic mass is 32.2. The zero-order chi connectivity index (χ0) is 21.4. The van der Waals surface area contributed by atoms with E-state index in [9.17, 15) is 15.0 Å². The van der Waals surface area contributed by atoms with Crippen molar-refractivity contribution in [2.45, 2.75) is 70.6 Å². The lowest BCUT2D eigenvalue weighted by Gasteiger charge is -2.26. The summed E-state index contributed by atoms with van der Waals surface area (Å²) >= 11 is 0.387. The SMILES string of the molecule is C=CC1OC(C)(CCC(=O)NCCCCCCOSO)c2c1c(O)n(CC)c2O. The molecule has 8 nitrogen and oxygen atoms in total. The lowest BCUT2D eigenvalue weighted by Crippen LogP contribution is -2.28. The Balaban J connectivity index is 1.85. The Labute approximate surface area is 176 Å². The second-order valence-corrected chi connectivity index (χ2v) is 7.73. The number of aromatic nitrogens is 1. The van der Waals surface area contributed by atoms with Crippen LogP contribution in [0.3, 0.4) is 0 Å². The number of carbonyl (C=O) groups excluding carboxylic acids is 1. The van der Waals surface area contributed by atoms with Gasteiger partial charge in [0.2, 0.25) is 17.7 Å². The Bertz CT molecular complexity index is 708. The van der Waals surface area contributed by atoms with E-state index in [0.29, 0.717) is 49.6 Å². The number of unbranched alkanes of at least 4 members (excludes halogenated alkanes) is 3. The van der Waals surface area contributed by atoms with Gasteiger partial charge in [-0.3, -0.25) is 13.5 Å². The molecule has 1 aromatic rings. The maximum atomic E-state index is 12.2. The zero-order valence-corrected chi connectivity index (χ0v) is 18.0. The third kappa shape index (κ3) is 5.48. The van der Waals surface area contributed by atoms with E-state index in [4.69, 9.17) is 13.5 Å². The van der Waals surface area contributed by atoms with E-state index in [1.165, 1.54) is 4.57 Å². The van der Waals surface area contributed by atoms with Crippen LogP contribution in [-0.4, -0.2) is 38.4 Å². The molecule has 0 radical (unpaired) electrons. The minimum absolute atomic E-state index is 0.0129. The van der Waals surface area contributed by atoms with Crippen molar-refractivity contribution < 1.29 is 28.5 Å². The van der Waals surface area contributed by atoms with Crippen molar-refractivity contribution >= 4 is 18.2 Å². The predicted octanol–water partition coefficient (Wildman–Crippen LogP) is 3.99. The van der Waals surface area contributed by atoms with E-state index in [1.54, 1.807) is 6.08 Å². The van der Waals surface area contributed by atoms with Gasteiger partial charge in [0, 0.05) is 19.5 Å². The van der Waals surface area contributed by atoms with Crippen molar-refractivity contribution in [3.63, 3.8) is 0 Å². The summed E-state index contributed by atoms with van der Waals surface area (Å²) in [5.41, 5.74) is 0.196. The Morgan fingerprint density at radius 3 is 2.72 bits per heavy atom. The normalized spacial score (nSPS) is 20.6. The van der Waals surface area contributed by atoms with Gasteiger partial charge in [0.1, 0.15) is 6.10 Å². The standard InChI is InChI=1S/C20H32N2O6S/c1-4-14-16-17(19(25)22(5-2)18(16)24)20(3,28-14)11-10-15(23)21-12-8-6-7-9-13-27-29-26/h4,14,24-26H,1,5-13H2,2-3H3,(H,21,23). The summed E-state index contributed by atoms with van der Waals surface area (Å²) < 4.78 is 20.7. The number of amides is 1. The first-order chi connectivity index (χ1) is 13.9. The molecule has 1 aliphatic rings. The topological polar surface area (TPSA) is 113 Å². The van der Waals surface area contributed by atoms with E-state index < -0.39 is 11.7 Å². The molecule has 0 fully saturated rings. The Morgan fingerprint density at radius 1 is 1.34 bits per heavy atom. The number of aromatic hydroxyl groups is 2. The largest absolute Gasteiger partial charge is 0.494 e. The van der Waals surface area contributed by atoms with E-state index in [2.05, 4.69) is 11.9 Å². The number of fused-ring (bicyclic) bond motifs is 1. The average molecular weight is 429 g/mol. The first kappa shape index (κ1) is 23.6. The van der Waals surface area contributed by atoms with Gasteiger partial charge in [-0.05, 0) is 33.1 Å². The molecule has 1 aliphatic heterocycles. The third-order valence-electron chi connectivity index (χ3n) is 5.33. The number of nitrogens with one attached hydrogen (secondary N) is 1. The summed E-state index contributed by atoms with van der Waals surface area (Å²) in [5, 5.41) is 23.9. The van der Waals surface area contributed by atoms with E-state index >= 15 is 0 Å². The molecule has 0 saturated heterocycles. The molecule has 4 N–H and O–H groups in total. The molecule has 2 atom stereocenters. The van der Waals surface area contributed by atoms with Crippen LogP contribution in [0.25, 0.3) is 0 Å². The molecule has 2 rings (SSSR count). The molecule has 164 valence electrons. The predicted molar refractivity (Wildman–Crippen MR) is 112 cm³/mol. The summed E-state index contributed by atoms with van der Waals surface area (Å²) in [6.45, 7) is 8.97. The van der Waals surface area contributed by atoms with Crippen molar-refractivity contribution in [2.24, 2.45) is 0 Å². The molecule has 1 aromatic heterocycles. The summed E-state index contributed by atoms with van der Waals surface area (Å²) in [4.78, 5) is 12.2. The number of carbonyl (C=O) groups is 1. The third-order valence-corrected chi connectivity index (χ3v) is 5.61. The monoisotopic (exact) mass is 428 g/mol. The summed E-state index contributed by atoms with van der Waals surface area (Å²) in [6.07, 6.45) is 5.40. The molecule has 2 unspecified atom stereocenters. The lowest BCUT2D eigenvalue weighted by atomic mass is 9.91. The minimum atomic E-state index is -0.877. The van der Waals surface area contributed by atoms with Crippen LogP contribution in [-0.2, 0) is 25.9 Å². The molecule has 1 amide bonds.